The van der Waals surface area contributed by atoms with Crippen LogP contribution in [0.4, 0.5) is 0 Å². The maximum atomic E-state index is 13.4. The molecule has 1 aliphatic rings. The fraction of sp³-hybridized carbons (Fsp3) is 0.360. The van der Waals surface area contributed by atoms with Crippen LogP contribution in [0, 0.1) is 0 Å². The molecule has 2 atom stereocenters. The van der Waals surface area contributed by atoms with Crippen LogP contribution in [0.1, 0.15) is 49.0 Å². The van der Waals surface area contributed by atoms with Gasteiger partial charge in [0.25, 0.3) is 5.56 Å². The zero-order valence-corrected chi connectivity index (χ0v) is 19.5. The van der Waals surface area contributed by atoms with Crippen LogP contribution in [0.2, 0.25) is 0 Å². The third-order valence-corrected chi connectivity index (χ3v) is 6.79. The first kappa shape index (κ1) is 22.4. The number of benzene rings is 1. The summed E-state index contributed by atoms with van der Waals surface area (Å²) in [6.07, 6.45) is 4.82. The Morgan fingerprint density at radius 1 is 1.09 bits per heavy atom. The summed E-state index contributed by atoms with van der Waals surface area (Å²) in [6.45, 7) is 3.95. The minimum absolute atomic E-state index is 0.0243. The number of nitrogens with one attached hydrogen (secondary N) is 1. The minimum atomic E-state index is -3.42. The summed E-state index contributed by atoms with van der Waals surface area (Å²) in [6, 6.07) is 17.5. The van der Waals surface area contributed by atoms with Crippen LogP contribution in [0.15, 0.2) is 65.6 Å². The van der Waals surface area contributed by atoms with E-state index in [1.165, 1.54) is 6.26 Å². The second kappa shape index (κ2) is 9.00. The molecule has 2 heterocycles. The highest BCUT2D eigenvalue weighted by atomic mass is 32.2. The summed E-state index contributed by atoms with van der Waals surface area (Å²) < 4.78 is 28.7. The molecule has 32 heavy (non-hydrogen) atoms. The highest BCUT2D eigenvalue weighted by Crippen LogP contribution is 2.33. The van der Waals surface area contributed by atoms with Gasteiger partial charge in [0.1, 0.15) is 0 Å². The predicted molar refractivity (Wildman–Crippen MR) is 127 cm³/mol. The van der Waals surface area contributed by atoms with Gasteiger partial charge in [-0.25, -0.2) is 13.1 Å². The first-order valence-corrected chi connectivity index (χ1v) is 12.8. The third-order valence-electron chi connectivity index (χ3n) is 6.06. The largest absolute Gasteiger partial charge is 0.313 e. The SMILES string of the molecule is CC(C)n1ccc2c(c1=O)[C@@H](Cc1cccc(-c3ccccc3)n1)[C@@H](NS(C)(=O)=O)CC2. The van der Waals surface area contributed by atoms with Gasteiger partial charge in [-0.3, -0.25) is 9.78 Å². The van der Waals surface area contributed by atoms with Gasteiger partial charge in [-0.2, -0.15) is 0 Å². The Labute approximate surface area is 189 Å². The molecule has 168 valence electrons. The average molecular weight is 452 g/mol. The van der Waals surface area contributed by atoms with Crippen LogP contribution in [-0.4, -0.2) is 30.3 Å². The number of aryl methyl sites for hydroxylation is 1. The fourth-order valence-electron chi connectivity index (χ4n) is 4.59. The number of hydrogen-bond donors (Lipinski definition) is 1. The quantitative estimate of drug-likeness (QED) is 0.620. The van der Waals surface area contributed by atoms with Crippen LogP contribution in [0.25, 0.3) is 11.3 Å². The van der Waals surface area contributed by atoms with Crippen LogP contribution >= 0.6 is 0 Å². The number of pyridine rings is 2. The molecule has 1 aromatic carbocycles. The smallest absolute Gasteiger partial charge is 0.254 e. The van der Waals surface area contributed by atoms with E-state index in [1.807, 2.05) is 74.6 Å². The van der Waals surface area contributed by atoms with E-state index in [4.69, 9.17) is 4.98 Å². The van der Waals surface area contributed by atoms with Gasteiger partial charge in [-0.05, 0) is 56.9 Å². The number of rotatable bonds is 6. The van der Waals surface area contributed by atoms with Gasteiger partial charge in [-0.1, -0.05) is 36.4 Å². The summed E-state index contributed by atoms with van der Waals surface area (Å²) >= 11 is 0. The lowest BCUT2D eigenvalue weighted by Crippen LogP contribution is -2.45. The van der Waals surface area contributed by atoms with Crippen molar-refractivity contribution in [3.8, 4) is 11.3 Å². The van der Waals surface area contributed by atoms with Crippen LogP contribution in [0.5, 0.6) is 0 Å². The molecule has 0 saturated carbocycles. The third kappa shape index (κ3) is 4.84. The molecule has 0 unspecified atom stereocenters. The summed E-state index contributed by atoms with van der Waals surface area (Å²) in [7, 11) is -3.42. The summed E-state index contributed by atoms with van der Waals surface area (Å²) in [5, 5.41) is 0. The van der Waals surface area contributed by atoms with E-state index in [9.17, 15) is 13.2 Å². The second-order valence-electron chi connectivity index (χ2n) is 8.79. The Bertz CT molecular complexity index is 1270. The van der Waals surface area contributed by atoms with E-state index in [2.05, 4.69) is 4.72 Å². The number of nitrogens with zero attached hydrogens (tertiary/aromatic N) is 2. The molecule has 7 heteroatoms. The van der Waals surface area contributed by atoms with Crippen molar-refractivity contribution in [2.24, 2.45) is 0 Å². The molecule has 1 N–H and O–H groups in total. The van der Waals surface area contributed by atoms with Crippen LogP contribution < -0.4 is 10.3 Å². The molecule has 0 fully saturated rings. The van der Waals surface area contributed by atoms with E-state index in [0.717, 1.165) is 22.5 Å². The van der Waals surface area contributed by atoms with Crippen molar-refractivity contribution >= 4 is 10.0 Å². The molecule has 0 aliphatic heterocycles. The Morgan fingerprint density at radius 3 is 2.53 bits per heavy atom. The Morgan fingerprint density at radius 2 is 1.84 bits per heavy atom. The topological polar surface area (TPSA) is 81.1 Å². The molecule has 3 aromatic rings. The number of aromatic nitrogens is 2. The van der Waals surface area contributed by atoms with E-state index in [-0.39, 0.29) is 23.6 Å². The second-order valence-corrected chi connectivity index (χ2v) is 10.6. The van der Waals surface area contributed by atoms with Gasteiger partial charge in [0, 0.05) is 41.0 Å². The monoisotopic (exact) mass is 451 g/mol. The van der Waals surface area contributed by atoms with Crippen molar-refractivity contribution in [1.29, 1.82) is 0 Å². The van der Waals surface area contributed by atoms with Crippen molar-refractivity contribution in [2.45, 2.75) is 51.1 Å². The molecular formula is C25H29N3O3S. The van der Waals surface area contributed by atoms with Gasteiger partial charge in [-0.15, -0.1) is 0 Å². The first-order valence-electron chi connectivity index (χ1n) is 11.0. The van der Waals surface area contributed by atoms with Gasteiger partial charge in [0.05, 0.1) is 11.9 Å². The Kier molecular flexibility index (Phi) is 6.31. The van der Waals surface area contributed by atoms with E-state index in [1.54, 1.807) is 4.57 Å². The van der Waals surface area contributed by atoms with Crippen molar-refractivity contribution in [3.05, 3.63) is 88.0 Å². The molecule has 0 bridgehead atoms. The zero-order valence-electron chi connectivity index (χ0n) is 18.7. The van der Waals surface area contributed by atoms with Crippen LogP contribution in [-0.2, 0) is 22.9 Å². The van der Waals surface area contributed by atoms with Gasteiger partial charge in [0.15, 0.2) is 0 Å². The minimum Gasteiger partial charge on any atom is -0.313 e. The lowest BCUT2D eigenvalue weighted by atomic mass is 9.78. The molecule has 0 saturated heterocycles. The fourth-order valence-corrected chi connectivity index (χ4v) is 5.42. The van der Waals surface area contributed by atoms with E-state index >= 15 is 0 Å². The maximum Gasteiger partial charge on any atom is 0.254 e. The standard InChI is InChI=1S/C25H29N3O3S/c1-17(2)28-15-14-19-12-13-23(27-32(3,30)31)21(24(19)25(28)29)16-20-10-7-11-22(26-20)18-8-5-4-6-9-18/h4-11,14-15,17,21,23,27H,12-13,16H2,1-3H3/t21-,23-/m0/s1. The van der Waals surface area contributed by atoms with E-state index < -0.39 is 10.0 Å². The molecule has 6 nitrogen and oxygen atoms in total. The summed E-state index contributed by atoms with van der Waals surface area (Å²) in [5.74, 6) is -0.286. The Hall–Kier alpha value is -2.77. The summed E-state index contributed by atoms with van der Waals surface area (Å²) in [4.78, 5) is 18.3. The van der Waals surface area contributed by atoms with Crippen molar-refractivity contribution in [1.82, 2.24) is 14.3 Å². The molecule has 0 radical (unpaired) electrons. The molecule has 0 spiro atoms. The maximum absolute atomic E-state index is 13.4. The van der Waals surface area contributed by atoms with Gasteiger partial charge >= 0.3 is 0 Å². The molecule has 0 amide bonds. The molecule has 1 aliphatic carbocycles. The zero-order chi connectivity index (χ0) is 22.9. The van der Waals surface area contributed by atoms with Crippen molar-refractivity contribution in [2.75, 3.05) is 6.26 Å². The summed E-state index contributed by atoms with van der Waals surface area (Å²) in [5.41, 5.74) is 4.39. The van der Waals surface area contributed by atoms with E-state index in [0.29, 0.717) is 24.8 Å². The van der Waals surface area contributed by atoms with Crippen molar-refractivity contribution in [3.63, 3.8) is 0 Å². The lowest BCUT2D eigenvalue weighted by molar-refractivity contribution is 0.418. The average Bonchev–Trinajstić information content (AvgIpc) is 2.75. The van der Waals surface area contributed by atoms with Gasteiger partial charge in [0.2, 0.25) is 10.0 Å². The molecule has 2 aromatic heterocycles. The first-order chi connectivity index (χ1) is 15.2. The normalized spacial score (nSPS) is 18.5. The lowest BCUT2D eigenvalue weighted by Gasteiger charge is -2.33. The van der Waals surface area contributed by atoms with Gasteiger partial charge < -0.3 is 4.57 Å². The molecular weight excluding hydrogens is 422 g/mol. The number of sulfonamides is 1. The number of fused-ring (bicyclic) bond motifs is 1. The highest BCUT2D eigenvalue weighted by molar-refractivity contribution is 7.88. The highest BCUT2D eigenvalue weighted by Gasteiger charge is 2.34. The van der Waals surface area contributed by atoms with Crippen molar-refractivity contribution < 1.29 is 8.42 Å². The predicted octanol–water partition coefficient (Wildman–Crippen LogP) is 3.68. The number of hydrogen-bond acceptors (Lipinski definition) is 4. The van der Waals surface area contributed by atoms with Crippen LogP contribution in [0.3, 0.4) is 0 Å². The molecule has 4 rings (SSSR count). The Balaban J connectivity index is 1.78.